The fraction of sp³-hybridized carbons (Fsp3) is 0. The topological polar surface area (TPSA) is 41.9 Å². The van der Waals surface area contributed by atoms with Crippen molar-refractivity contribution >= 4 is 71.3 Å². The molecule has 0 fully saturated rings. The average Bonchev–Trinajstić information content (AvgIpc) is 3.40. The van der Waals surface area contributed by atoms with Crippen LogP contribution in [0.5, 0.6) is 0 Å². The van der Waals surface area contributed by atoms with Gasteiger partial charge in [0.1, 0.15) is 0 Å². The van der Waals surface area contributed by atoms with Crippen LogP contribution in [0.4, 0.5) is 17.1 Å². The van der Waals surface area contributed by atoms with Crippen LogP contribution in [-0.4, -0.2) is 15.0 Å². The van der Waals surface area contributed by atoms with Crippen molar-refractivity contribution in [3.05, 3.63) is 182 Å². The minimum atomic E-state index is -1.06. The van der Waals surface area contributed by atoms with Crippen molar-refractivity contribution in [2.75, 3.05) is 4.90 Å². The zero-order valence-corrected chi connectivity index (χ0v) is 25.8. The SMILES string of the molecule is [2H]c1cc([2H])c(N(c2c([2H])c([2H])c([2H])c([2H])c2[2H])c2c([2H])c([2H])c(-c3nc4cc([2H])c([2H])c([2H])c4c4c3c([2H])c([2H])c3c([2H])c(-c5c([2H])c([2H])nc6c5ccc5cccnc56)c([2H])c([2H])c34)c([2H])c2[2H])c([2H])c1[2H]. The minimum absolute atomic E-state index is 0.139. The first-order chi connectivity index (χ1) is 34.8. The average molecular weight is 674 g/mol. The van der Waals surface area contributed by atoms with Crippen molar-refractivity contribution in [3.63, 3.8) is 0 Å². The van der Waals surface area contributed by atoms with Gasteiger partial charge in [0.05, 0.1) is 53.8 Å². The minimum Gasteiger partial charge on any atom is -0.311 e. The quantitative estimate of drug-likeness (QED) is 0.171. The third kappa shape index (κ3) is 4.88. The van der Waals surface area contributed by atoms with Crippen molar-refractivity contribution in [3.8, 4) is 22.4 Å². The first-order valence-corrected chi connectivity index (χ1v) is 15.3. The summed E-state index contributed by atoms with van der Waals surface area (Å²) in [6, 6.07) is -9.66. The number of pyridine rings is 3. The van der Waals surface area contributed by atoms with Crippen LogP contribution in [0, 0.1) is 0 Å². The third-order valence-electron chi connectivity index (χ3n) is 8.22. The fourth-order valence-corrected chi connectivity index (χ4v) is 6.00. The second-order valence-corrected chi connectivity index (χ2v) is 11.1. The van der Waals surface area contributed by atoms with Gasteiger partial charge in [-0.2, -0.15) is 0 Å². The second kappa shape index (κ2) is 11.9. The molecule has 51 heavy (non-hydrogen) atoms. The van der Waals surface area contributed by atoms with Gasteiger partial charge in [-0.25, -0.2) is 4.98 Å². The Kier molecular flexibility index (Phi) is 3.30. The van der Waals surface area contributed by atoms with E-state index in [0.29, 0.717) is 15.8 Å². The summed E-state index contributed by atoms with van der Waals surface area (Å²) < 4.78 is 207. The summed E-state index contributed by atoms with van der Waals surface area (Å²) in [6.45, 7) is 0. The molecule has 7 aromatic carbocycles. The maximum atomic E-state index is 9.70. The summed E-state index contributed by atoms with van der Waals surface area (Å²) in [5.74, 6) is 0. The van der Waals surface area contributed by atoms with Crippen molar-refractivity contribution in [2.24, 2.45) is 0 Å². The fourth-order valence-electron chi connectivity index (χ4n) is 6.00. The first-order valence-electron chi connectivity index (χ1n) is 26.8. The molecule has 0 N–H and O–H groups in total. The van der Waals surface area contributed by atoms with Crippen LogP contribution >= 0.6 is 0 Å². The van der Waals surface area contributed by atoms with E-state index in [2.05, 4.69) is 15.0 Å². The molecule has 0 aliphatic carbocycles. The van der Waals surface area contributed by atoms with Crippen LogP contribution in [0.1, 0.15) is 31.5 Å². The second-order valence-electron chi connectivity index (χ2n) is 11.1. The largest absolute Gasteiger partial charge is 0.311 e. The standard InChI is InChI=1S/C47H30N4/c1-3-11-35(12-4-1)51(36-13-5-2-6-14-36)37-22-17-32(18-23-37)45-42-26-21-34-30-33(20-24-39(34)44(42)41-15-7-8-16-43(41)50-45)38-27-29-49-47-40(38)25-19-31-10-9-28-48-46(31)47/h1-30H/i1D,2D,3D,4D,5D,7D,8D,11D,12D,13D,14D,15D,17D,18D,20D,21D,22D,23D,24D,26D,27D,29D,30D. The summed E-state index contributed by atoms with van der Waals surface area (Å²) in [5.41, 5.74) is -4.30. The van der Waals surface area contributed by atoms with Gasteiger partial charge >= 0.3 is 0 Å². The lowest BCUT2D eigenvalue weighted by molar-refractivity contribution is 1.28. The van der Waals surface area contributed by atoms with Crippen molar-refractivity contribution < 1.29 is 31.5 Å². The normalized spacial score (nSPS) is 17.8. The number of para-hydroxylation sites is 3. The van der Waals surface area contributed by atoms with E-state index in [1.807, 2.05) is 0 Å². The van der Waals surface area contributed by atoms with Gasteiger partial charge in [0.25, 0.3) is 0 Å². The Morgan fingerprint density at radius 2 is 1.27 bits per heavy atom. The zero-order chi connectivity index (χ0) is 53.7. The molecule has 10 rings (SSSR count). The molecule has 0 saturated carbocycles. The summed E-state index contributed by atoms with van der Waals surface area (Å²) in [4.78, 5) is 13.8. The highest BCUT2D eigenvalue weighted by Crippen LogP contribution is 2.41. The van der Waals surface area contributed by atoms with E-state index in [1.165, 1.54) is 6.20 Å². The van der Waals surface area contributed by atoms with E-state index in [-0.39, 0.29) is 32.8 Å². The van der Waals surface area contributed by atoms with Gasteiger partial charge < -0.3 is 4.90 Å². The van der Waals surface area contributed by atoms with E-state index in [1.54, 1.807) is 24.3 Å². The lowest BCUT2D eigenvalue weighted by Crippen LogP contribution is -2.09. The highest BCUT2D eigenvalue weighted by Gasteiger charge is 2.17. The molecule has 0 aliphatic rings. The Balaban J connectivity index is 1.36. The predicted molar refractivity (Wildman–Crippen MR) is 213 cm³/mol. The molecule has 10 aromatic rings. The Morgan fingerprint density at radius 1 is 0.490 bits per heavy atom. The lowest BCUT2D eigenvalue weighted by Gasteiger charge is -2.25. The number of hydrogen-bond donors (Lipinski definition) is 0. The van der Waals surface area contributed by atoms with Crippen LogP contribution in [0.2, 0.25) is 0 Å². The van der Waals surface area contributed by atoms with Gasteiger partial charge in [0.15, 0.2) is 0 Å². The molecule has 0 amide bonds. The molecule has 0 aliphatic heterocycles. The summed E-state index contributed by atoms with van der Waals surface area (Å²) in [7, 11) is 0. The van der Waals surface area contributed by atoms with E-state index < -0.39 is 189 Å². The summed E-state index contributed by atoms with van der Waals surface area (Å²) >= 11 is 0. The monoisotopic (exact) mass is 673 g/mol. The van der Waals surface area contributed by atoms with Crippen molar-refractivity contribution in [1.29, 1.82) is 0 Å². The molecule has 0 atom stereocenters. The maximum Gasteiger partial charge on any atom is 0.0970 e. The van der Waals surface area contributed by atoms with Crippen LogP contribution in [0.15, 0.2) is 182 Å². The van der Waals surface area contributed by atoms with Crippen LogP contribution in [-0.2, 0) is 0 Å². The van der Waals surface area contributed by atoms with E-state index in [9.17, 15) is 12.3 Å². The van der Waals surface area contributed by atoms with Gasteiger partial charge in [-0.1, -0.05) is 109 Å². The van der Waals surface area contributed by atoms with Crippen molar-refractivity contribution in [2.45, 2.75) is 0 Å². The summed E-state index contributed by atoms with van der Waals surface area (Å²) in [5, 5.41) is -1.33. The van der Waals surface area contributed by atoms with Crippen molar-refractivity contribution in [1.82, 2.24) is 15.0 Å². The number of aromatic nitrogens is 3. The Morgan fingerprint density at radius 3 is 2.18 bits per heavy atom. The highest BCUT2D eigenvalue weighted by atomic mass is 15.1. The molecule has 238 valence electrons. The third-order valence-corrected chi connectivity index (χ3v) is 8.22. The summed E-state index contributed by atoms with van der Waals surface area (Å²) in [6.07, 6.45) is 0.928. The van der Waals surface area contributed by atoms with Gasteiger partial charge in [-0.15, -0.1) is 0 Å². The first kappa shape index (κ1) is 14.1. The zero-order valence-electron chi connectivity index (χ0n) is 48.8. The van der Waals surface area contributed by atoms with E-state index in [4.69, 9.17) is 19.2 Å². The number of anilines is 3. The Labute approximate surface area is 327 Å². The molecule has 0 spiro atoms. The number of fused-ring (bicyclic) bond motifs is 8. The predicted octanol–water partition coefficient (Wildman–Crippen LogP) is 12.4. The molecule has 3 aromatic heterocycles. The van der Waals surface area contributed by atoms with Gasteiger partial charge in [-0.3, -0.25) is 9.97 Å². The maximum absolute atomic E-state index is 9.70. The Bertz CT molecular complexity index is 4200. The number of rotatable bonds is 5. The number of hydrogen-bond acceptors (Lipinski definition) is 4. The molecule has 0 bridgehead atoms. The number of nitrogens with zero attached hydrogens (tertiary/aromatic N) is 4. The molecule has 4 heteroatoms. The van der Waals surface area contributed by atoms with Crippen LogP contribution in [0.25, 0.3) is 76.6 Å². The smallest absolute Gasteiger partial charge is 0.0970 e. The number of benzene rings is 7. The van der Waals surface area contributed by atoms with Crippen LogP contribution in [0.3, 0.4) is 0 Å². The molecule has 0 unspecified atom stereocenters. The Hall–Kier alpha value is -6.91. The van der Waals surface area contributed by atoms with E-state index >= 15 is 0 Å². The van der Waals surface area contributed by atoms with E-state index in [0.717, 1.165) is 12.1 Å². The lowest BCUT2D eigenvalue weighted by atomic mass is 9.92. The van der Waals surface area contributed by atoms with Gasteiger partial charge in [-0.05, 0) is 82.4 Å². The molecule has 4 nitrogen and oxygen atoms in total. The highest BCUT2D eigenvalue weighted by molar-refractivity contribution is 6.23. The molecular formula is C47H30N4. The van der Waals surface area contributed by atoms with Gasteiger partial charge in [0, 0.05) is 61.9 Å². The molecular weight excluding hydrogens is 621 g/mol. The molecule has 0 radical (unpaired) electrons. The van der Waals surface area contributed by atoms with Crippen LogP contribution < -0.4 is 4.90 Å². The molecule has 3 heterocycles. The molecule has 0 saturated heterocycles. The van der Waals surface area contributed by atoms with Gasteiger partial charge in [0.2, 0.25) is 0 Å².